The van der Waals surface area contributed by atoms with Crippen molar-refractivity contribution < 1.29 is 24.2 Å². The first-order valence-corrected chi connectivity index (χ1v) is 12.6. The minimum absolute atomic E-state index is 0.0655. The third-order valence-corrected chi connectivity index (χ3v) is 7.02. The number of benzene rings is 1. The fourth-order valence-electron chi connectivity index (χ4n) is 5.36. The van der Waals surface area contributed by atoms with Crippen molar-refractivity contribution in [1.82, 2.24) is 9.88 Å². The summed E-state index contributed by atoms with van der Waals surface area (Å²) in [5.74, 6) is -0.313. The van der Waals surface area contributed by atoms with E-state index >= 15 is 0 Å². The number of rotatable bonds is 8. The molecule has 7 nitrogen and oxygen atoms in total. The number of aromatic nitrogens is 1. The normalized spacial score (nSPS) is 23.4. The highest BCUT2D eigenvalue weighted by atomic mass is 16.7. The first-order valence-electron chi connectivity index (χ1n) is 12.6. The molecule has 3 atom stereocenters. The lowest BCUT2D eigenvalue weighted by Crippen LogP contribution is -2.42. The average Bonchev–Trinajstić information content (AvgIpc) is 3.23. The van der Waals surface area contributed by atoms with Gasteiger partial charge in [-0.25, -0.2) is 0 Å². The topological polar surface area (TPSA) is 89.8 Å². The van der Waals surface area contributed by atoms with Gasteiger partial charge in [-0.1, -0.05) is 37.5 Å². The molecule has 1 fully saturated rings. The Bertz CT molecular complexity index is 1040. The van der Waals surface area contributed by atoms with Gasteiger partial charge in [-0.2, -0.15) is 0 Å². The van der Waals surface area contributed by atoms with Crippen LogP contribution in [0.2, 0.25) is 0 Å². The first-order chi connectivity index (χ1) is 16.5. The molecular formula is C27H36N2O5. The van der Waals surface area contributed by atoms with Crippen LogP contribution in [0.15, 0.2) is 42.3 Å². The molecule has 7 heteroatoms. The van der Waals surface area contributed by atoms with Gasteiger partial charge in [0.05, 0.1) is 5.52 Å². The smallest absolute Gasteiger partial charge is 0.286 e. The van der Waals surface area contributed by atoms with E-state index in [1.165, 1.54) is 6.42 Å². The number of aliphatic hydroxyl groups excluding tert-OH is 1. The van der Waals surface area contributed by atoms with Crippen LogP contribution >= 0.6 is 0 Å². The fourth-order valence-corrected chi connectivity index (χ4v) is 5.36. The van der Waals surface area contributed by atoms with Crippen LogP contribution in [0.1, 0.15) is 75.1 Å². The Morgan fingerprint density at radius 2 is 1.97 bits per heavy atom. The second-order valence-electron chi connectivity index (χ2n) is 9.33. The molecule has 1 aromatic heterocycles. The molecule has 0 spiro atoms. The number of aliphatic hydroxyl groups is 1. The Hall–Kier alpha value is -2.64. The van der Waals surface area contributed by atoms with E-state index in [0.717, 1.165) is 42.1 Å². The number of fused-ring (bicyclic) bond motifs is 1. The third kappa shape index (κ3) is 5.20. The molecule has 1 aromatic carbocycles. The molecule has 1 amide bonds. The maximum atomic E-state index is 13.2. The van der Waals surface area contributed by atoms with Gasteiger partial charge >= 0.3 is 0 Å². The summed E-state index contributed by atoms with van der Waals surface area (Å²) >= 11 is 0. The highest BCUT2D eigenvalue weighted by molar-refractivity contribution is 5.95. The zero-order chi connectivity index (χ0) is 24.1. The quantitative estimate of drug-likeness (QED) is 0.595. The minimum atomic E-state index is -0.613. The van der Waals surface area contributed by atoms with E-state index in [0.29, 0.717) is 19.4 Å². The fraction of sp³-hybridized carbons (Fsp3) is 0.556. The van der Waals surface area contributed by atoms with Gasteiger partial charge in [0, 0.05) is 49.6 Å². The van der Waals surface area contributed by atoms with E-state index in [1.807, 2.05) is 43.5 Å². The second-order valence-corrected chi connectivity index (χ2v) is 9.33. The molecule has 0 bridgehead atoms. The number of allylic oxidation sites excluding steroid dienone is 1. The Kier molecular flexibility index (Phi) is 8.06. The van der Waals surface area contributed by atoms with E-state index in [9.17, 15) is 14.7 Å². The van der Waals surface area contributed by atoms with Crippen LogP contribution in [0.4, 0.5) is 0 Å². The molecule has 0 saturated heterocycles. The Morgan fingerprint density at radius 1 is 1.21 bits per heavy atom. The number of hydrogen-bond donors (Lipinski definition) is 2. The lowest BCUT2D eigenvalue weighted by atomic mass is 9.80. The summed E-state index contributed by atoms with van der Waals surface area (Å²) in [4.78, 5) is 25.6. The Labute approximate surface area is 201 Å². The van der Waals surface area contributed by atoms with Crippen LogP contribution in [-0.2, 0) is 14.3 Å². The first kappa shape index (κ1) is 24.5. The molecule has 2 aliphatic rings. The van der Waals surface area contributed by atoms with E-state index in [-0.39, 0.29) is 42.1 Å². The molecule has 34 heavy (non-hydrogen) atoms. The van der Waals surface area contributed by atoms with Crippen molar-refractivity contribution in [2.45, 2.75) is 77.0 Å². The van der Waals surface area contributed by atoms with Crippen molar-refractivity contribution >= 4 is 22.7 Å². The molecule has 1 aliphatic heterocycles. The highest BCUT2D eigenvalue weighted by Crippen LogP contribution is 2.42. The molecule has 184 valence electrons. The number of nitrogens with one attached hydrogen (secondary N) is 1. The predicted octanol–water partition coefficient (Wildman–Crippen LogP) is 4.50. The predicted molar refractivity (Wildman–Crippen MR) is 130 cm³/mol. The average molecular weight is 469 g/mol. The second kappa shape index (κ2) is 11.2. The van der Waals surface area contributed by atoms with Gasteiger partial charge in [-0.05, 0) is 50.3 Å². The monoisotopic (exact) mass is 468 g/mol. The summed E-state index contributed by atoms with van der Waals surface area (Å²) in [7, 11) is 0. The minimum Gasteiger partial charge on any atom is -0.459 e. The number of amides is 1. The van der Waals surface area contributed by atoms with Gasteiger partial charge < -0.3 is 19.9 Å². The summed E-state index contributed by atoms with van der Waals surface area (Å²) < 4.78 is 13.8. The van der Waals surface area contributed by atoms with Crippen LogP contribution in [0.25, 0.3) is 10.9 Å². The van der Waals surface area contributed by atoms with Crippen molar-refractivity contribution in [3.8, 4) is 0 Å². The van der Waals surface area contributed by atoms with E-state index in [1.54, 1.807) is 11.5 Å². The van der Waals surface area contributed by atoms with Crippen LogP contribution in [0.5, 0.6) is 0 Å². The highest BCUT2D eigenvalue weighted by Gasteiger charge is 2.39. The molecule has 1 saturated carbocycles. The molecular weight excluding hydrogens is 432 g/mol. The number of carbonyl (C=O) groups is 2. The molecule has 2 heterocycles. The Balaban J connectivity index is 1.75. The van der Waals surface area contributed by atoms with Gasteiger partial charge in [-0.3, -0.25) is 14.2 Å². The summed E-state index contributed by atoms with van der Waals surface area (Å²) in [5, 5.41) is 13.7. The molecule has 2 N–H and O–H groups in total. The summed E-state index contributed by atoms with van der Waals surface area (Å²) in [6.07, 6.45) is 9.87. The van der Waals surface area contributed by atoms with Gasteiger partial charge in [0.1, 0.15) is 0 Å². The van der Waals surface area contributed by atoms with Gasteiger partial charge in [-0.15, -0.1) is 0 Å². The van der Waals surface area contributed by atoms with Crippen LogP contribution in [0, 0.1) is 5.92 Å². The summed E-state index contributed by atoms with van der Waals surface area (Å²) in [5.41, 5.74) is 1.80. The van der Waals surface area contributed by atoms with Gasteiger partial charge in [0.15, 0.2) is 5.76 Å². The zero-order valence-electron chi connectivity index (χ0n) is 20.2. The van der Waals surface area contributed by atoms with Gasteiger partial charge in [0.2, 0.25) is 12.2 Å². The summed E-state index contributed by atoms with van der Waals surface area (Å²) in [6, 6.07) is 7.98. The molecule has 2 aromatic rings. The van der Waals surface area contributed by atoms with Crippen molar-refractivity contribution in [3.63, 3.8) is 0 Å². The lowest BCUT2D eigenvalue weighted by molar-refractivity contribution is -0.166. The molecule has 0 unspecified atom stereocenters. The van der Waals surface area contributed by atoms with Crippen LogP contribution in [0.3, 0.4) is 0 Å². The van der Waals surface area contributed by atoms with Crippen LogP contribution < -0.4 is 5.32 Å². The Morgan fingerprint density at radius 3 is 2.68 bits per heavy atom. The standard InChI is InChI=1S/C27H36N2O5/c1-3-33-27-21(13-9-15-30)22(16-25(34-27)26(32)28-19-10-5-4-6-11-19)23-17-29(18(2)31)24-14-8-7-12-20(23)24/h7-8,12,14,16-17,19,21-22,27,30H,3-6,9-11,13,15H2,1-2H3,(H,28,32)/t21-,22+,27-/m1/s1. The van der Waals surface area contributed by atoms with E-state index < -0.39 is 6.29 Å². The molecule has 0 radical (unpaired) electrons. The van der Waals surface area contributed by atoms with Crippen molar-refractivity contribution in [3.05, 3.63) is 47.9 Å². The van der Waals surface area contributed by atoms with Crippen molar-refractivity contribution in [2.24, 2.45) is 5.92 Å². The van der Waals surface area contributed by atoms with Crippen molar-refractivity contribution in [2.75, 3.05) is 13.2 Å². The largest absolute Gasteiger partial charge is 0.459 e. The molecule has 1 aliphatic carbocycles. The maximum absolute atomic E-state index is 13.2. The number of ether oxygens (including phenoxy) is 2. The van der Waals surface area contributed by atoms with Gasteiger partial charge in [0.25, 0.3) is 5.91 Å². The SMILES string of the molecule is CCO[C@@H]1OC(C(=O)NC2CCCCC2)=C[C@H](c2cn(C(C)=O)c3ccccc23)[C@H]1CCCO. The lowest BCUT2D eigenvalue weighted by Gasteiger charge is -2.37. The van der Waals surface area contributed by atoms with E-state index in [4.69, 9.17) is 9.47 Å². The zero-order valence-corrected chi connectivity index (χ0v) is 20.2. The summed E-state index contributed by atoms with van der Waals surface area (Å²) in [6.45, 7) is 3.96. The number of para-hydroxylation sites is 1. The number of carbonyl (C=O) groups excluding carboxylic acids is 2. The number of nitrogens with zero attached hydrogens (tertiary/aromatic N) is 1. The van der Waals surface area contributed by atoms with E-state index in [2.05, 4.69) is 5.32 Å². The maximum Gasteiger partial charge on any atom is 0.286 e. The number of hydrogen-bond acceptors (Lipinski definition) is 5. The van der Waals surface area contributed by atoms with Crippen LogP contribution in [-0.4, -0.2) is 47.0 Å². The molecule has 4 rings (SSSR count). The third-order valence-electron chi connectivity index (χ3n) is 7.02. The van der Waals surface area contributed by atoms with Crippen molar-refractivity contribution in [1.29, 1.82) is 0 Å².